The maximum atomic E-state index is 13.1. The minimum atomic E-state index is -3.43. The number of ether oxygens (including phenoxy) is 2. The highest BCUT2D eigenvalue weighted by Gasteiger charge is 2.25. The van der Waals surface area contributed by atoms with Crippen LogP contribution in [0.4, 0.5) is 0 Å². The Labute approximate surface area is 198 Å². The van der Waals surface area contributed by atoms with Crippen molar-refractivity contribution in [2.45, 2.75) is 19.9 Å². The molecule has 0 aliphatic heterocycles. The van der Waals surface area contributed by atoms with Crippen LogP contribution in [0.5, 0.6) is 11.5 Å². The molecular formula is C26H28N2O5S. The molecule has 0 radical (unpaired) electrons. The van der Waals surface area contributed by atoms with E-state index in [9.17, 15) is 13.2 Å². The molecule has 0 fully saturated rings. The maximum absolute atomic E-state index is 13.1. The van der Waals surface area contributed by atoms with Gasteiger partial charge in [-0.15, -0.1) is 0 Å². The summed E-state index contributed by atoms with van der Waals surface area (Å²) in [5.74, 6) is 0.797. The van der Waals surface area contributed by atoms with Crippen LogP contribution in [-0.2, 0) is 9.84 Å². The van der Waals surface area contributed by atoms with Gasteiger partial charge in [0, 0.05) is 6.26 Å². The Morgan fingerprint density at radius 1 is 1.03 bits per heavy atom. The average Bonchev–Trinajstić information content (AvgIpc) is 3.12. The molecule has 7 nitrogen and oxygen atoms in total. The Balaban J connectivity index is 1.89. The molecule has 0 bridgehead atoms. The fourth-order valence-electron chi connectivity index (χ4n) is 4.28. The van der Waals surface area contributed by atoms with Gasteiger partial charge in [0.15, 0.2) is 11.5 Å². The number of aromatic nitrogens is 2. The number of sulfone groups is 1. The molecule has 4 aromatic rings. The van der Waals surface area contributed by atoms with E-state index in [0.29, 0.717) is 34.7 Å². The highest BCUT2D eigenvalue weighted by Crippen LogP contribution is 2.33. The van der Waals surface area contributed by atoms with Crippen LogP contribution in [0.1, 0.15) is 24.1 Å². The van der Waals surface area contributed by atoms with Gasteiger partial charge in [-0.25, -0.2) is 13.2 Å². The van der Waals surface area contributed by atoms with E-state index in [1.54, 1.807) is 25.3 Å². The highest BCUT2D eigenvalue weighted by molar-refractivity contribution is 7.90. The summed E-state index contributed by atoms with van der Waals surface area (Å²) in [6.45, 7) is 4.32. The van der Waals surface area contributed by atoms with Crippen molar-refractivity contribution in [1.82, 2.24) is 9.55 Å². The molecule has 1 atom stereocenters. The summed E-state index contributed by atoms with van der Waals surface area (Å²) in [4.78, 5) is 16.1. The molecule has 0 spiro atoms. The lowest BCUT2D eigenvalue weighted by atomic mass is 10.0. The molecule has 4 rings (SSSR count). The molecule has 0 unspecified atom stereocenters. The summed E-state index contributed by atoms with van der Waals surface area (Å²) in [6, 6.07) is 18.3. The number of nitrogens with one attached hydrogen (secondary N) is 1. The highest BCUT2D eigenvalue weighted by atomic mass is 32.2. The third-order valence-electron chi connectivity index (χ3n) is 5.82. The summed E-state index contributed by atoms with van der Waals surface area (Å²) in [6.07, 6.45) is 1.17. The van der Waals surface area contributed by atoms with Gasteiger partial charge in [0.05, 0.1) is 36.5 Å². The number of rotatable bonds is 8. The maximum Gasteiger partial charge on any atom is 0.327 e. The zero-order valence-corrected chi connectivity index (χ0v) is 20.5. The lowest BCUT2D eigenvalue weighted by Gasteiger charge is -2.20. The summed E-state index contributed by atoms with van der Waals surface area (Å²) in [5, 5.41) is 0. The van der Waals surface area contributed by atoms with E-state index >= 15 is 0 Å². The summed E-state index contributed by atoms with van der Waals surface area (Å²) >= 11 is 0. The number of fused-ring (bicyclic) bond motifs is 1. The Morgan fingerprint density at radius 3 is 2.47 bits per heavy atom. The van der Waals surface area contributed by atoms with Crippen LogP contribution in [0, 0.1) is 6.92 Å². The first-order valence-electron chi connectivity index (χ1n) is 11.0. The van der Waals surface area contributed by atoms with Crippen molar-refractivity contribution in [3.05, 3.63) is 82.3 Å². The monoisotopic (exact) mass is 480 g/mol. The Bertz CT molecular complexity index is 1500. The second kappa shape index (κ2) is 9.38. The molecule has 1 heterocycles. The van der Waals surface area contributed by atoms with Crippen LogP contribution >= 0.6 is 0 Å². The Kier molecular flexibility index (Phi) is 6.52. The van der Waals surface area contributed by atoms with Gasteiger partial charge < -0.3 is 14.5 Å². The van der Waals surface area contributed by atoms with Crippen molar-refractivity contribution in [3.8, 4) is 22.6 Å². The fraction of sp³-hybridized carbons (Fsp3) is 0.269. The molecule has 34 heavy (non-hydrogen) atoms. The predicted molar refractivity (Wildman–Crippen MR) is 135 cm³/mol. The molecule has 3 aromatic carbocycles. The number of H-pyrrole nitrogens is 1. The molecule has 1 aromatic heterocycles. The summed E-state index contributed by atoms with van der Waals surface area (Å²) < 4.78 is 37.3. The van der Waals surface area contributed by atoms with Gasteiger partial charge in [-0.3, -0.25) is 4.57 Å². The van der Waals surface area contributed by atoms with Gasteiger partial charge in [-0.2, -0.15) is 0 Å². The van der Waals surface area contributed by atoms with Gasteiger partial charge in [-0.1, -0.05) is 36.4 Å². The van der Waals surface area contributed by atoms with Crippen molar-refractivity contribution in [3.63, 3.8) is 0 Å². The van der Waals surface area contributed by atoms with Gasteiger partial charge >= 0.3 is 5.69 Å². The number of aryl methyl sites for hydroxylation is 1. The molecule has 178 valence electrons. The van der Waals surface area contributed by atoms with E-state index in [1.807, 2.05) is 56.3 Å². The molecule has 0 saturated carbocycles. The van der Waals surface area contributed by atoms with Crippen LogP contribution in [0.2, 0.25) is 0 Å². The third-order valence-corrected chi connectivity index (χ3v) is 6.74. The molecule has 0 aliphatic rings. The van der Waals surface area contributed by atoms with Crippen molar-refractivity contribution in [1.29, 1.82) is 0 Å². The zero-order chi connectivity index (χ0) is 24.5. The second-order valence-electron chi connectivity index (χ2n) is 8.30. The molecule has 0 amide bonds. The van der Waals surface area contributed by atoms with Crippen molar-refractivity contribution in [2.24, 2.45) is 0 Å². The molecule has 0 saturated heterocycles. The number of imidazole rings is 1. The van der Waals surface area contributed by atoms with Gasteiger partial charge in [0.1, 0.15) is 9.84 Å². The number of hydrogen-bond acceptors (Lipinski definition) is 5. The standard InChI is InChI=1S/C26H28N2O5S/c1-5-33-25-15-19(11-13-24(25)32-3)23(16-34(4,30)31)28-22-12-10-18(14-21(22)27-26(28)29)20-9-7-6-8-17(20)2/h6-15,23H,5,16H2,1-4H3,(H,27,29)/t23-/m1/s1. The number of hydrogen-bond donors (Lipinski definition) is 1. The summed E-state index contributed by atoms with van der Waals surface area (Å²) in [7, 11) is -1.88. The average molecular weight is 481 g/mol. The Morgan fingerprint density at radius 2 is 1.79 bits per heavy atom. The van der Waals surface area contributed by atoms with Crippen LogP contribution in [0.15, 0.2) is 65.5 Å². The van der Waals surface area contributed by atoms with Crippen molar-refractivity contribution < 1.29 is 17.9 Å². The van der Waals surface area contributed by atoms with E-state index in [4.69, 9.17) is 9.47 Å². The lowest BCUT2D eigenvalue weighted by molar-refractivity contribution is 0.310. The van der Waals surface area contributed by atoms with E-state index in [0.717, 1.165) is 16.7 Å². The van der Waals surface area contributed by atoms with Gasteiger partial charge in [0.25, 0.3) is 0 Å². The summed E-state index contributed by atoms with van der Waals surface area (Å²) in [5.41, 5.74) is 4.71. The first kappa shape index (κ1) is 23.6. The quantitative estimate of drug-likeness (QED) is 0.405. The second-order valence-corrected chi connectivity index (χ2v) is 10.5. The van der Waals surface area contributed by atoms with Crippen LogP contribution in [-0.4, -0.2) is 43.7 Å². The van der Waals surface area contributed by atoms with E-state index in [-0.39, 0.29) is 11.4 Å². The Hall–Kier alpha value is -3.52. The minimum Gasteiger partial charge on any atom is -0.493 e. The van der Waals surface area contributed by atoms with Crippen molar-refractivity contribution in [2.75, 3.05) is 25.7 Å². The van der Waals surface area contributed by atoms with Crippen molar-refractivity contribution >= 4 is 20.9 Å². The van der Waals surface area contributed by atoms with Gasteiger partial charge in [-0.05, 0) is 60.4 Å². The van der Waals surface area contributed by atoms with Crippen LogP contribution < -0.4 is 15.2 Å². The molecule has 1 N–H and O–H groups in total. The normalized spacial score (nSPS) is 12.6. The predicted octanol–water partition coefficient (Wildman–Crippen LogP) is 4.35. The largest absolute Gasteiger partial charge is 0.493 e. The smallest absolute Gasteiger partial charge is 0.327 e. The third kappa shape index (κ3) is 4.72. The number of benzene rings is 3. The van der Waals surface area contributed by atoms with Crippen LogP contribution in [0.3, 0.4) is 0 Å². The first-order valence-corrected chi connectivity index (χ1v) is 13.1. The molecule has 8 heteroatoms. The fourth-order valence-corrected chi connectivity index (χ4v) is 5.20. The number of nitrogens with zero attached hydrogens (tertiary/aromatic N) is 1. The number of aromatic amines is 1. The minimum absolute atomic E-state index is 0.239. The number of methoxy groups -OCH3 is 1. The van der Waals surface area contributed by atoms with Crippen LogP contribution in [0.25, 0.3) is 22.2 Å². The molecular weight excluding hydrogens is 452 g/mol. The molecule has 0 aliphatic carbocycles. The first-order chi connectivity index (χ1) is 16.2. The zero-order valence-electron chi connectivity index (χ0n) is 19.7. The van der Waals surface area contributed by atoms with Gasteiger partial charge in [0.2, 0.25) is 0 Å². The van der Waals surface area contributed by atoms with E-state index in [2.05, 4.69) is 4.98 Å². The van der Waals surface area contributed by atoms with E-state index < -0.39 is 15.9 Å². The SMILES string of the molecule is CCOc1cc([C@@H](CS(C)(=O)=O)n2c(=O)[nH]c3cc(-c4ccccc4C)ccc32)ccc1OC. The topological polar surface area (TPSA) is 90.4 Å². The van der Waals surface area contributed by atoms with E-state index in [1.165, 1.54) is 10.8 Å². The lowest BCUT2D eigenvalue weighted by Crippen LogP contribution is -2.28.